The van der Waals surface area contributed by atoms with Crippen molar-refractivity contribution in [2.24, 2.45) is 0 Å². The van der Waals surface area contributed by atoms with Crippen LogP contribution in [0.2, 0.25) is 5.02 Å². The predicted molar refractivity (Wildman–Crippen MR) is 102 cm³/mol. The molecule has 0 saturated carbocycles. The molecular formula is C19H18BrClN2O. The lowest BCUT2D eigenvalue weighted by Crippen LogP contribution is -2.27. The Morgan fingerprint density at radius 3 is 2.79 bits per heavy atom. The summed E-state index contributed by atoms with van der Waals surface area (Å²) in [7, 11) is 1.82. The number of halogens is 2. The first-order chi connectivity index (χ1) is 11.4. The molecule has 24 heavy (non-hydrogen) atoms. The summed E-state index contributed by atoms with van der Waals surface area (Å²) < 4.78 is 1.01. The predicted octanol–water partition coefficient (Wildman–Crippen LogP) is 5.09. The molecule has 0 unspecified atom stereocenters. The summed E-state index contributed by atoms with van der Waals surface area (Å²) in [5, 5.41) is 1.78. The number of benzene rings is 2. The lowest BCUT2D eigenvalue weighted by molar-refractivity contribution is -0.129. The van der Waals surface area contributed by atoms with Crippen molar-refractivity contribution in [3.63, 3.8) is 0 Å². The molecule has 0 bridgehead atoms. The molecule has 3 aromatic rings. The van der Waals surface area contributed by atoms with E-state index < -0.39 is 0 Å². The third-order valence-electron chi connectivity index (χ3n) is 4.14. The number of aromatic nitrogens is 1. The number of nitrogens with zero attached hydrogens (tertiary/aromatic N) is 1. The van der Waals surface area contributed by atoms with Crippen molar-refractivity contribution in [2.45, 2.75) is 19.9 Å². The van der Waals surface area contributed by atoms with Crippen LogP contribution < -0.4 is 0 Å². The lowest BCUT2D eigenvalue weighted by atomic mass is 10.1. The summed E-state index contributed by atoms with van der Waals surface area (Å²) in [6.07, 6.45) is 0.374. The molecule has 0 fully saturated rings. The minimum atomic E-state index is 0.0824. The standard InChI is InChI=1S/C19H18BrClN2O/c1-12-16(17-9-14(20)6-7-18(17)22-12)10-19(24)23(2)11-13-4-3-5-15(21)8-13/h3-9,22H,10-11H2,1-2H3. The minimum Gasteiger partial charge on any atom is -0.358 e. The van der Waals surface area contributed by atoms with Gasteiger partial charge in [-0.2, -0.15) is 0 Å². The van der Waals surface area contributed by atoms with Crippen LogP contribution in [-0.4, -0.2) is 22.8 Å². The van der Waals surface area contributed by atoms with Gasteiger partial charge in [-0.1, -0.05) is 39.7 Å². The van der Waals surface area contributed by atoms with Gasteiger partial charge in [0.25, 0.3) is 0 Å². The van der Waals surface area contributed by atoms with Crippen LogP contribution >= 0.6 is 27.5 Å². The highest BCUT2D eigenvalue weighted by Crippen LogP contribution is 2.26. The molecule has 0 aliphatic carbocycles. The van der Waals surface area contributed by atoms with Crippen LogP contribution in [0, 0.1) is 6.92 Å². The van der Waals surface area contributed by atoms with Crippen LogP contribution in [0.5, 0.6) is 0 Å². The second-order valence-corrected chi connectivity index (χ2v) is 7.33. The zero-order chi connectivity index (χ0) is 17.3. The van der Waals surface area contributed by atoms with E-state index in [-0.39, 0.29) is 5.91 Å². The molecule has 3 nitrogen and oxygen atoms in total. The molecule has 0 atom stereocenters. The molecule has 0 spiro atoms. The van der Waals surface area contributed by atoms with E-state index in [0.29, 0.717) is 18.0 Å². The van der Waals surface area contributed by atoms with Crippen LogP contribution in [0.3, 0.4) is 0 Å². The average Bonchev–Trinajstić information content (AvgIpc) is 2.83. The van der Waals surface area contributed by atoms with Crippen LogP contribution in [0.4, 0.5) is 0 Å². The molecule has 0 aliphatic heterocycles. The monoisotopic (exact) mass is 404 g/mol. The van der Waals surface area contributed by atoms with Crippen molar-refractivity contribution in [1.29, 1.82) is 0 Å². The maximum Gasteiger partial charge on any atom is 0.227 e. The number of hydrogen-bond acceptors (Lipinski definition) is 1. The number of rotatable bonds is 4. The summed E-state index contributed by atoms with van der Waals surface area (Å²) in [6.45, 7) is 2.55. The minimum absolute atomic E-state index is 0.0824. The van der Waals surface area contributed by atoms with E-state index in [4.69, 9.17) is 11.6 Å². The number of carbonyl (C=O) groups is 1. The summed E-state index contributed by atoms with van der Waals surface area (Å²) in [5.74, 6) is 0.0824. The molecule has 1 heterocycles. The number of H-pyrrole nitrogens is 1. The normalized spacial score (nSPS) is 11.0. The highest BCUT2D eigenvalue weighted by molar-refractivity contribution is 9.10. The summed E-state index contributed by atoms with van der Waals surface area (Å²) in [6, 6.07) is 13.7. The third kappa shape index (κ3) is 3.65. The van der Waals surface area contributed by atoms with E-state index in [0.717, 1.165) is 32.2 Å². The maximum absolute atomic E-state index is 12.6. The van der Waals surface area contributed by atoms with Crippen LogP contribution in [0.1, 0.15) is 16.8 Å². The second-order valence-electron chi connectivity index (χ2n) is 5.97. The van der Waals surface area contributed by atoms with E-state index in [9.17, 15) is 4.79 Å². The van der Waals surface area contributed by atoms with E-state index in [2.05, 4.69) is 27.0 Å². The first kappa shape index (κ1) is 17.1. The van der Waals surface area contributed by atoms with Gasteiger partial charge in [-0.3, -0.25) is 4.79 Å². The fourth-order valence-electron chi connectivity index (χ4n) is 2.87. The fourth-order valence-corrected chi connectivity index (χ4v) is 3.44. The van der Waals surface area contributed by atoms with Crippen molar-refractivity contribution in [3.8, 4) is 0 Å². The molecule has 0 saturated heterocycles. The Morgan fingerprint density at radius 1 is 1.25 bits per heavy atom. The van der Waals surface area contributed by atoms with Gasteiger partial charge in [0.2, 0.25) is 5.91 Å². The van der Waals surface area contributed by atoms with Crippen molar-refractivity contribution in [3.05, 3.63) is 68.8 Å². The van der Waals surface area contributed by atoms with E-state index in [1.54, 1.807) is 4.90 Å². The number of aromatic amines is 1. The molecule has 0 aliphatic rings. The fraction of sp³-hybridized carbons (Fsp3) is 0.211. The highest BCUT2D eigenvalue weighted by Gasteiger charge is 2.16. The van der Waals surface area contributed by atoms with Gasteiger partial charge < -0.3 is 9.88 Å². The van der Waals surface area contributed by atoms with Gasteiger partial charge in [0.1, 0.15) is 0 Å². The molecule has 3 rings (SSSR count). The third-order valence-corrected chi connectivity index (χ3v) is 4.87. The zero-order valence-corrected chi connectivity index (χ0v) is 15.9. The van der Waals surface area contributed by atoms with Gasteiger partial charge in [0, 0.05) is 39.7 Å². The number of amides is 1. The first-order valence-electron chi connectivity index (χ1n) is 7.69. The van der Waals surface area contributed by atoms with Crippen molar-refractivity contribution < 1.29 is 4.79 Å². The zero-order valence-electron chi connectivity index (χ0n) is 13.6. The molecule has 0 radical (unpaired) electrons. The topological polar surface area (TPSA) is 36.1 Å². The SMILES string of the molecule is Cc1[nH]c2ccc(Br)cc2c1CC(=O)N(C)Cc1cccc(Cl)c1. The van der Waals surface area contributed by atoms with Crippen molar-refractivity contribution in [1.82, 2.24) is 9.88 Å². The molecular weight excluding hydrogens is 388 g/mol. The number of fused-ring (bicyclic) bond motifs is 1. The van der Waals surface area contributed by atoms with Gasteiger partial charge in [-0.05, 0) is 48.4 Å². The van der Waals surface area contributed by atoms with Crippen molar-refractivity contribution in [2.75, 3.05) is 7.05 Å². The van der Waals surface area contributed by atoms with Crippen molar-refractivity contribution >= 4 is 44.3 Å². The summed E-state index contributed by atoms with van der Waals surface area (Å²) in [4.78, 5) is 17.7. The average molecular weight is 406 g/mol. The summed E-state index contributed by atoms with van der Waals surface area (Å²) in [5.41, 5.74) is 4.16. The Kier molecular flexibility index (Phi) is 4.97. The number of aryl methyl sites for hydroxylation is 1. The highest BCUT2D eigenvalue weighted by atomic mass is 79.9. The van der Waals surface area contributed by atoms with Gasteiger partial charge >= 0.3 is 0 Å². The van der Waals surface area contributed by atoms with E-state index >= 15 is 0 Å². The van der Waals surface area contributed by atoms with Gasteiger partial charge in [0.15, 0.2) is 0 Å². The molecule has 2 aromatic carbocycles. The lowest BCUT2D eigenvalue weighted by Gasteiger charge is -2.17. The van der Waals surface area contributed by atoms with Crippen LogP contribution in [-0.2, 0) is 17.8 Å². The van der Waals surface area contributed by atoms with Crippen LogP contribution in [0.25, 0.3) is 10.9 Å². The molecule has 5 heteroatoms. The smallest absolute Gasteiger partial charge is 0.227 e. The Balaban J connectivity index is 1.79. The van der Waals surface area contributed by atoms with Gasteiger partial charge in [-0.25, -0.2) is 0 Å². The Labute approximate surface area is 154 Å². The summed E-state index contributed by atoms with van der Waals surface area (Å²) >= 11 is 9.51. The van der Waals surface area contributed by atoms with Gasteiger partial charge in [0.05, 0.1) is 6.42 Å². The second kappa shape index (κ2) is 6.99. The quantitative estimate of drug-likeness (QED) is 0.644. The molecule has 1 amide bonds. The molecule has 1 N–H and O–H groups in total. The Morgan fingerprint density at radius 2 is 2.04 bits per heavy atom. The van der Waals surface area contributed by atoms with Gasteiger partial charge in [-0.15, -0.1) is 0 Å². The first-order valence-corrected chi connectivity index (χ1v) is 8.86. The molecule has 1 aromatic heterocycles. The van der Waals surface area contributed by atoms with Crippen LogP contribution in [0.15, 0.2) is 46.9 Å². The number of likely N-dealkylation sites (N-methyl/N-ethyl adjacent to an activating group) is 1. The van der Waals surface area contributed by atoms with E-state index in [1.165, 1.54) is 0 Å². The number of nitrogens with one attached hydrogen (secondary N) is 1. The largest absolute Gasteiger partial charge is 0.358 e. The maximum atomic E-state index is 12.6. The Bertz CT molecular complexity index is 904. The molecule has 124 valence electrons. The number of carbonyl (C=O) groups excluding carboxylic acids is 1. The Hall–Kier alpha value is -1.78. The van der Waals surface area contributed by atoms with E-state index in [1.807, 2.05) is 50.4 Å². The number of hydrogen-bond donors (Lipinski definition) is 1.